The van der Waals surface area contributed by atoms with Crippen LogP contribution in [0.1, 0.15) is 51.0 Å². The van der Waals surface area contributed by atoms with Crippen LogP contribution in [0.25, 0.3) is 0 Å². The van der Waals surface area contributed by atoms with Gasteiger partial charge in [0.2, 0.25) is 0 Å². The average molecular weight is 416 g/mol. The molecule has 1 unspecified atom stereocenters. The highest BCUT2D eigenvalue weighted by atomic mass is 79.9. The second-order valence-electron chi connectivity index (χ2n) is 6.74. The van der Waals surface area contributed by atoms with E-state index in [2.05, 4.69) is 33.0 Å². The first-order valence-electron chi connectivity index (χ1n) is 8.64. The second-order valence-corrected chi connectivity index (χ2v) is 7.66. The van der Waals surface area contributed by atoms with Gasteiger partial charge in [0.25, 0.3) is 11.8 Å². The predicted octanol–water partition coefficient (Wildman–Crippen LogP) is 3.83. The number of carbonyl (C=O) groups is 2. The van der Waals surface area contributed by atoms with E-state index in [9.17, 15) is 9.59 Å². The summed E-state index contributed by atoms with van der Waals surface area (Å²) in [5, 5.41) is 0. The molecule has 2 heterocycles. The maximum Gasteiger partial charge on any atom is 0.271 e. The van der Waals surface area contributed by atoms with E-state index in [0.717, 1.165) is 29.4 Å². The molecule has 0 N–H and O–H groups in total. The number of hydrogen-bond acceptors (Lipinski definition) is 3. The lowest BCUT2D eigenvalue weighted by Gasteiger charge is -2.26. The number of benzene rings is 1. The number of nitrogens with zero attached hydrogens (tertiary/aromatic N) is 3. The van der Waals surface area contributed by atoms with Gasteiger partial charge in [-0.25, -0.2) is 4.98 Å². The Balaban J connectivity index is 1.87. The smallest absolute Gasteiger partial charge is 0.271 e. The van der Waals surface area contributed by atoms with Crippen molar-refractivity contribution in [2.45, 2.75) is 25.8 Å². The van der Waals surface area contributed by atoms with Crippen LogP contribution in [0, 0.1) is 6.92 Å². The minimum absolute atomic E-state index is 0.0265. The molecule has 5 nitrogen and oxygen atoms in total. The summed E-state index contributed by atoms with van der Waals surface area (Å²) in [6, 6.07) is 11.5. The van der Waals surface area contributed by atoms with Gasteiger partial charge in [-0.3, -0.25) is 9.59 Å². The fourth-order valence-corrected chi connectivity index (χ4v) is 3.78. The monoisotopic (exact) mass is 415 g/mol. The number of aryl methyl sites for hydroxylation is 1. The van der Waals surface area contributed by atoms with Crippen LogP contribution in [0.2, 0.25) is 0 Å². The summed E-state index contributed by atoms with van der Waals surface area (Å²) < 4.78 is 1.01. The number of hydrogen-bond donors (Lipinski definition) is 0. The Morgan fingerprint density at radius 3 is 2.65 bits per heavy atom. The third-order valence-electron chi connectivity index (χ3n) is 4.69. The first-order valence-corrected chi connectivity index (χ1v) is 9.43. The molecule has 3 rings (SSSR count). The van der Waals surface area contributed by atoms with E-state index in [1.54, 1.807) is 33.2 Å². The van der Waals surface area contributed by atoms with E-state index in [1.165, 1.54) is 4.90 Å². The zero-order chi connectivity index (χ0) is 18.8. The fourth-order valence-electron chi connectivity index (χ4n) is 3.36. The first kappa shape index (κ1) is 18.6. The summed E-state index contributed by atoms with van der Waals surface area (Å²) in [4.78, 5) is 32.9. The molecule has 0 radical (unpaired) electrons. The second kappa shape index (κ2) is 7.58. The van der Waals surface area contributed by atoms with Crippen LogP contribution in [0.3, 0.4) is 0 Å². The molecule has 136 valence electrons. The highest BCUT2D eigenvalue weighted by Crippen LogP contribution is 2.34. The summed E-state index contributed by atoms with van der Waals surface area (Å²) in [6.07, 6.45) is 1.93. The molecular formula is C20H22BrN3O2. The number of amides is 2. The van der Waals surface area contributed by atoms with Crippen LogP contribution in [-0.4, -0.2) is 47.2 Å². The molecule has 1 aromatic heterocycles. The van der Waals surface area contributed by atoms with Crippen molar-refractivity contribution in [3.05, 3.63) is 63.4 Å². The van der Waals surface area contributed by atoms with Crippen molar-refractivity contribution < 1.29 is 9.59 Å². The topological polar surface area (TPSA) is 53.5 Å². The SMILES string of the molecule is Cc1nc(C(=O)N(C)C)ccc1C(=O)N1CCCC1c1cccc(Br)c1. The lowest BCUT2D eigenvalue weighted by atomic mass is 10.0. The number of halogens is 1. The van der Waals surface area contributed by atoms with Crippen molar-refractivity contribution >= 4 is 27.7 Å². The van der Waals surface area contributed by atoms with Crippen molar-refractivity contribution in [3.8, 4) is 0 Å². The van der Waals surface area contributed by atoms with E-state index in [-0.39, 0.29) is 17.9 Å². The number of rotatable bonds is 3. The Hall–Kier alpha value is -2.21. The van der Waals surface area contributed by atoms with Crippen LogP contribution in [0.15, 0.2) is 40.9 Å². The van der Waals surface area contributed by atoms with Gasteiger partial charge >= 0.3 is 0 Å². The van der Waals surface area contributed by atoms with Gasteiger partial charge in [-0.1, -0.05) is 28.1 Å². The third kappa shape index (κ3) is 3.65. The minimum Gasteiger partial charge on any atom is -0.343 e. The fraction of sp³-hybridized carbons (Fsp3) is 0.350. The highest BCUT2D eigenvalue weighted by Gasteiger charge is 2.31. The van der Waals surface area contributed by atoms with Crippen LogP contribution < -0.4 is 0 Å². The average Bonchev–Trinajstić information content (AvgIpc) is 3.10. The van der Waals surface area contributed by atoms with Crippen molar-refractivity contribution in [1.29, 1.82) is 0 Å². The van der Waals surface area contributed by atoms with Gasteiger partial charge in [0.1, 0.15) is 5.69 Å². The molecule has 26 heavy (non-hydrogen) atoms. The number of aromatic nitrogens is 1. The van der Waals surface area contributed by atoms with Crippen LogP contribution in [-0.2, 0) is 0 Å². The third-order valence-corrected chi connectivity index (χ3v) is 5.18. The summed E-state index contributed by atoms with van der Waals surface area (Å²) in [7, 11) is 3.37. The van der Waals surface area contributed by atoms with Gasteiger partial charge < -0.3 is 9.80 Å². The summed E-state index contributed by atoms with van der Waals surface area (Å²) in [5.41, 5.74) is 2.63. The van der Waals surface area contributed by atoms with Crippen LogP contribution in [0.4, 0.5) is 0 Å². The molecule has 0 spiro atoms. The molecular weight excluding hydrogens is 394 g/mol. The molecule has 2 aromatic rings. The Morgan fingerprint density at radius 1 is 1.23 bits per heavy atom. The first-order chi connectivity index (χ1) is 12.4. The highest BCUT2D eigenvalue weighted by molar-refractivity contribution is 9.10. The van der Waals surface area contributed by atoms with Gasteiger partial charge in [-0.05, 0) is 49.6 Å². The zero-order valence-corrected chi connectivity index (χ0v) is 16.8. The molecule has 0 aliphatic carbocycles. The van der Waals surface area contributed by atoms with E-state index < -0.39 is 0 Å². The van der Waals surface area contributed by atoms with Crippen molar-refractivity contribution in [2.75, 3.05) is 20.6 Å². The Kier molecular flexibility index (Phi) is 5.41. The molecule has 2 amide bonds. The van der Waals surface area contributed by atoms with E-state index >= 15 is 0 Å². The Labute approximate surface area is 162 Å². The van der Waals surface area contributed by atoms with Crippen LogP contribution in [0.5, 0.6) is 0 Å². The van der Waals surface area contributed by atoms with Crippen molar-refractivity contribution in [1.82, 2.24) is 14.8 Å². The zero-order valence-electron chi connectivity index (χ0n) is 15.2. The molecule has 1 atom stereocenters. The molecule has 1 aliphatic rings. The van der Waals surface area contributed by atoms with E-state index in [4.69, 9.17) is 0 Å². The molecule has 1 aromatic carbocycles. The van der Waals surface area contributed by atoms with E-state index in [0.29, 0.717) is 17.0 Å². The number of likely N-dealkylation sites (tertiary alicyclic amines) is 1. The molecule has 1 fully saturated rings. The summed E-state index contributed by atoms with van der Waals surface area (Å²) >= 11 is 3.51. The molecule has 0 bridgehead atoms. The summed E-state index contributed by atoms with van der Waals surface area (Å²) in [5.74, 6) is -0.193. The lowest BCUT2D eigenvalue weighted by molar-refractivity contribution is 0.0732. The number of pyridine rings is 1. The molecule has 1 saturated heterocycles. The standard InChI is InChI=1S/C20H22BrN3O2/c1-13-16(9-10-17(22-13)20(26)23(2)3)19(25)24-11-5-8-18(24)14-6-4-7-15(21)12-14/h4,6-7,9-10,12,18H,5,8,11H2,1-3H3. The normalized spacial score (nSPS) is 16.6. The van der Waals surface area contributed by atoms with Crippen molar-refractivity contribution in [2.24, 2.45) is 0 Å². The van der Waals surface area contributed by atoms with Crippen molar-refractivity contribution in [3.63, 3.8) is 0 Å². The van der Waals surface area contributed by atoms with Gasteiger partial charge in [-0.2, -0.15) is 0 Å². The Bertz CT molecular complexity index is 851. The largest absolute Gasteiger partial charge is 0.343 e. The molecule has 6 heteroatoms. The number of carbonyl (C=O) groups excluding carboxylic acids is 2. The minimum atomic E-state index is -0.166. The summed E-state index contributed by atoms with van der Waals surface area (Å²) in [6.45, 7) is 2.51. The molecule has 0 saturated carbocycles. The predicted molar refractivity (Wildman–Crippen MR) is 104 cm³/mol. The Morgan fingerprint density at radius 2 is 2.00 bits per heavy atom. The van der Waals surface area contributed by atoms with Gasteiger partial charge in [0.15, 0.2) is 0 Å². The maximum atomic E-state index is 13.1. The van der Waals surface area contributed by atoms with E-state index in [1.807, 2.05) is 17.0 Å². The van der Waals surface area contributed by atoms with Gasteiger partial charge in [0, 0.05) is 25.1 Å². The van der Waals surface area contributed by atoms with Gasteiger partial charge in [-0.15, -0.1) is 0 Å². The maximum absolute atomic E-state index is 13.1. The lowest BCUT2D eigenvalue weighted by Crippen LogP contribution is -2.31. The molecule has 1 aliphatic heterocycles. The van der Waals surface area contributed by atoms with Crippen LogP contribution >= 0.6 is 15.9 Å². The quantitative estimate of drug-likeness (QED) is 0.764. The van der Waals surface area contributed by atoms with Gasteiger partial charge in [0.05, 0.1) is 17.3 Å².